The first kappa shape index (κ1) is 17.1. The monoisotopic (exact) mass is 358 g/mol. The van der Waals surface area contributed by atoms with Crippen LogP contribution in [0.1, 0.15) is 11.5 Å². The van der Waals surface area contributed by atoms with Gasteiger partial charge < -0.3 is 4.42 Å². The lowest BCUT2D eigenvalue weighted by molar-refractivity contribution is -0.384. The normalized spacial score (nSPS) is 11.0. The lowest BCUT2D eigenvalue weighted by Crippen LogP contribution is -2.17. The summed E-state index contributed by atoms with van der Waals surface area (Å²) in [5, 5.41) is 19.4. The molecule has 0 atom stereocenters. The van der Waals surface area contributed by atoms with E-state index in [1.807, 2.05) is 36.2 Å². The highest BCUT2D eigenvalue weighted by molar-refractivity contribution is 6.30. The number of aromatic nitrogens is 2. The molecule has 3 rings (SSSR count). The molecule has 1 heterocycles. The van der Waals surface area contributed by atoms with Crippen molar-refractivity contribution in [3.63, 3.8) is 0 Å². The van der Waals surface area contributed by atoms with Crippen LogP contribution < -0.4 is 0 Å². The molecule has 2 aromatic carbocycles. The highest BCUT2D eigenvalue weighted by atomic mass is 35.5. The first-order valence-electron chi connectivity index (χ1n) is 7.51. The van der Waals surface area contributed by atoms with E-state index in [4.69, 9.17) is 16.0 Å². The van der Waals surface area contributed by atoms with Crippen LogP contribution in [0.5, 0.6) is 0 Å². The summed E-state index contributed by atoms with van der Waals surface area (Å²) in [6, 6.07) is 13.6. The maximum absolute atomic E-state index is 10.7. The van der Waals surface area contributed by atoms with Crippen molar-refractivity contribution in [3.8, 4) is 11.5 Å². The Bertz CT molecular complexity index is 880. The van der Waals surface area contributed by atoms with Gasteiger partial charge in [0, 0.05) is 29.3 Å². The van der Waals surface area contributed by atoms with E-state index in [0.29, 0.717) is 35.5 Å². The van der Waals surface area contributed by atoms with Crippen molar-refractivity contribution in [2.45, 2.75) is 13.1 Å². The molecule has 0 radical (unpaired) electrons. The number of benzene rings is 2. The molecule has 3 aromatic rings. The number of nitrogens with zero attached hydrogens (tertiary/aromatic N) is 4. The first-order chi connectivity index (χ1) is 12.0. The Balaban J connectivity index is 1.65. The van der Waals surface area contributed by atoms with Crippen molar-refractivity contribution in [2.75, 3.05) is 7.05 Å². The van der Waals surface area contributed by atoms with Crippen molar-refractivity contribution < 1.29 is 9.34 Å². The summed E-state index contributed by atoms with van der Waals surface area (Å²) in [4.78, 5) is 12.3. The third kappa shape index (κ3) is 4.40. The Hall–Kier alpha value is -2.77. The molecular formula is C17H15ClN4O3. The minimum absolute atomic E-state index is 0.0183. The van der Waals surface area contributed by atoms with Crippen LogP contribution in [0.25, 0.3) is 11.5 Å². The molecule has 128 valence electrons. The summed E-state index contributed by atoms with van der Waals surface area (Å²) < 4.78 is 5.64. The number of halogens is 1. The minimum Gasteiger partial charge on any atom is -0.419 e. The van der Waals surface area contributed by atoms with Gasteiger partial charge in [-0.2, -0.15) is 0 Å². The van der Waals surface area contributed by atoms with E-state index in [-0.39, 0.29) is 5.69 Å². The molecule has 0 amide bonds. The quantitative estimate of drug-likeness (QED) is 0.490. The van der Waals surface area contributed by atoms with E-state index in [1.54, 1.807) is 12.1 Å². The van der Waals surface area contributed by atoms with Gasteiger partial charge in [0.1, 0.15) is 0 Å². The van der Waals surface area contributed by atoms with E-state index >= 15 is 0 Å². The zero-order valence-electron chi connectivity index (χ0n) is 13.4. The molecule has 0 N–H and O–H groups in total. The van der Waals surface area contributed by atoms with Crippen LogP contribution in [0.3, 0.4) is 0 Å². The average Bonchev–Trinajstić information content (AvgIpc) is 3.03. The fourth-order valence-corrected chi connectivity index (χ4v) is 2.61. The molecule has 25 heavy (non-hydrogen) atoms. The van der Waals surface area contributed by atoms with E-state index in [1.165, 1.54) is 12.1 Å². The van der Waals surface area contributed by atoms with Crippen LogP contribution in [0.15, 0.2) is 52.9 Å². The van der Waals surface area contributed by atoms with Gasteiger partial charge in [-0.25, -0.2) is 0 Å². The maximum atomic E-state index is 10.7. The highest BCUT2D eigenvalue weighted by Crippen LogP contribution is 2.22. The first-order valence-corrected chi connectivity index (χ1v) is 7.89. The smallest absolute Gasteiger partial charge is 0.269 e. The summed E-state index contributed by atoms with van der Waals surface area (Å²) in [6.07, 6.45) is 0. The molecule has 0 aliphatic rings. The predicted octanol–water partition coefficient (Wildman–Crippen LogP) is 3.93. The van der Waals surface area contributed by atoms with Gasteiger partial charge in [0.15, 0.2) is 0 Å². The van der Waals surface area contributed by atoms with Crippen LogP contribution in [-0.2, 0) is 13.1 Å². The Morgan fingerprint density at radius 3 is 2.60 bits per heavy atom. The molecule has 0 aliphatic carbocycles. The third-order valence-corrected chi connectivity index (χ3v) is 3.77. The number of rotatable bonds is 6. The van der Waals surface area contributed by atoms with E-state index in [0.717, 1.165) is 5.56 Å². The zero-order chi connectivity index (χ0) is 17.8. The Morgan fingerprint density at radius 1 is 1.16 bits per heavy atom. The van der Waals surface area contributed by atoms with Crippen LogP contribution in [0.4, 0.5) is 5.69 Å². The van der Waals surface area contributed by atoms with Crippen LogP contribution >= 0.6 is 11.6 Å². The summed E-state index contributed by atoms with van der Waals surface area (Å²) in [7, 11) is 1.94. The molecule has 0 aliphatic heterocycles. The minimum atomic E-state index is -0.451. The molecule has 0 saturated heterocycles. The number of hydrogen-bond donors (Lipinski definition) is 0. The fourth-order valence-electron chi connectivity index (χ4n) is 2.39. The number of nitro groups is 1. The largest absolute Gasteiger partial charge is 0.419 e. The summed E-state index contributed by atoms with van der Waals surface area (Å²) in [5.41, 5.74) is 1.75. The highest BCUT2D eigenvalue weighted by Gasteiger charge is 2.12. The fraction of sp³-hybridized carbons (Fsp3) is 0.176. The van der Waals surface area contributed by atoms with Crippen molar-refractivity contribution in [1.82, 2.24) is 15.1 Å². The Morgan fingerprint density at radius 2 is 1.92 bits per heavy atom. The van der Waals surface area contributed by atoms with Gasteiger partial charge >= 0.3 is 0 Å². The molecule has 1 aromatic heterocycles. The maximum Gasteiger partial charge on any atom is 0.269 e. The van der Waals surface area contributed by atoms with Gasteiger partial charge in [-0.15, -0.1) is 10.2 Å². The van der Waals surface area contributed by atoms with Gasteiger partial charge in [-0.3, -0.25) is 15.0 Å². The van der Waals surface area contributed by atoms with Gasteiger partial charge in [0.05, 0.1) is 11.5 Å². The Kier molecular flexibility index (Phi) is 5.06. The number of hydrogen-bond acceptors (Lipinski definition) is 6. The lowest BCUT2D eigenvalue weighted by atomic mass is 10.2. The second kappa shape index (κ2) is 7.42. The molecule has 0 spiro atoms. The summed E-state index contributed by atoms with van der Waals surface area (Å²) in [5.74, 6) is 0.805. The van der Waals surface area contributed by atoms with Gasteiger partial charge in [0.25, 0.3) is 5.69 Å². The van der Waals surface area contributed by atoms with Crippen LogP contribution in [0, 0.1) is 10.1 Å². The Labute approximate surface area is 149 Å². The zero-order valence-corrected chi connectivity index (χ0v) is 14.2. The summed E-state index contributed by atoms with van der Waals surface area (Å²) in [6.45, 7) is 1.17. The molecule has 8 heteroatoms. The van der Waals surface area contributed by atoms with Crippen molar-refractivity contribution in [2.24, 2.45) is 0 Å². The van der Waals surface area contributed by atoms with Crippen LogP contribution in [0.2, 0.25) is 5.02 Å². The number of non-ortho nitro benzene ring substituents is 1. The van der Waals surface area contributed by atoms with Gasteiger partial charge in [0.2, 0.25) is 11.8 Å². The third-order valence-electron chi connectivity index (χ3n) is 3.54. The predicted molar refractivity (Wildman–Crippen MR) is 93.0 cm³/mol. The van der Waals surface area contributed by atoms with E-state index in [9.17, 15) is 10.1 Å². The summed E-state index contributed by atoms with van der Waals surface area (Å²) >= 11 is 5.99. The van der Waals surface area contributed by atoms with Crippen molar-refractivity contribution >= 4 is 17.3 Å². The second-order valence-electron chi connectivity index (χ2n) is 5.61. The average molecular weight is 359 g/mol. The van der Waals surface area contributed by atoms with Gasteiger partial charge in [-0.1, -0.05) is 23.7 Å². The molecular weight excluding hydrogens is 344 g/mol. The van der Waals surface area contributed by atoms with Crippen molar-refractivity contribution in [1.29, 1.82) is 0 Å². The molecule has 0 saturated carbocycles. The van der Waals surface area contributed by atoms with E-state index in [2.05, 4.69) is 10.2 Å². The molecule has 0 unspecified atom stereocenters. The topological polar surface area (TPSA) is 85.3 Å². The van der Waals surface area contributed by atoms with Gasteiger partial charge in [-0.05, 0) is 36.9 Å². The second-order valence-corrected chi connectivity index (χ2v) is 6.04. The molecule has 0 fully saturated rings. The van der Waals surface area contributed by atoms with Crippen molar-refractivity contribution in [3.05, 3.63) is 75.1 Å². The lowest BCUT2D eigenvalue weighted by Gasteiger charge is -2.14. The van der Waals surface area contributed by atoms with Crippen LogP contribution in [-0.4, -0.2) is 27.1 Å². The molecule has 0 bridgehead atoms. The molecule has 7 nitrogen and oxygen atoms in total. The SMILES string of the molecule is CN(Cc1cccc(Cl)c1)Cc1nnc(-c2ccc([N+](=O)[O-])cc2)o1. The standard InChI is InChI=1S/C17H15ClN4O3/c1-21(10-12-3-2-4-14(18)9-12)11-16-19-20-17(25-16)13-5-7-15(8-6-13)22(23)24/h2-9H,10-11H2,1H3. The number of nitro benzene ring substituents is 1. The van der Waals surface area contributed by atoms with E-state index < -0.39 is 4.92 Å².